The smallest absolute Gasteiger partial charge is 0.302 e. The predicted molar refractivity (Wildman–Crippen MR) is 72.9 cm³/mol. The van der Waals surface area contributed by atoms with Gasteiger partial charge in [-0.15, -0.1) is 0 Å². The maximum atomic E-state index is 10.5. The Morgan fingerprint density at radius 3 is 2.24 bits per heavy atom. The van der Waals surface area contributed by atoms with Gasteiger partial charge >= 0.3 is 5.97 Å². The fraction of sp³-hybridized carbons (Fsp3) is 0.667. The van der Waals surface area contributed by atoms with Crippen molar-refractivity contribution in [3.63, 3.8) is 0 Å². The average molecular weight is 238 g/mol. The molecule has 0 fully saturated rings. The molecule has 98 valence electrons. The van der Waals surface area contributed by atoms with Crippen LogP contribution in [0.2, 0.25) is 0 Å². The molecule has 0 saturated heterocycles. The molecule has 0 bridgehead atoms. The molecule has 2 heteroatoms. The van der Waals surface area contributed by atoms with Crippen LogP contribution < -0.4 is 0 Å². The normalized spacial score (nSPS) is 10.6. The van der Waals surface area contributed by atoms with Gasteiger partial charge in [0, 0.05) is 6.92 Å². The highest BCUT2D eigenvalue weighted by Gasteiger charge is 1.94. The number of unbranched alkanes of at least 4 members (excludes halogenated alkanes) is 7. The summed E-state index contributed by atoms with van der Waals surface area (Å²) < 4.78 is 4.87. The highest BCUT2D eigenvalue weighted by molar-refractivity contribution is 5.65. The Morgan fingerprint density at radius 1 is 1.06 bits per heavy atom. The molecule has 0 radical (unpaired) electrons. The Labute approximate surface area is 106 Å². The molecule has 17 heavy (non-hydrogen) atoms. The van der Waals surface area contributed by atoms with Crippen LogP contribution in [0.1, 0.15) is 58.3 Å². The fourth-order valence-corrected chi connectivity index (χ4v) is 1.66. The van der Waals surface area contributed by atoms with E-state index in [0.29, 0.717) is 6.61 Å². The summed E-state index contributed by atoms with van der Waals surface area (Å²) in [5.74, 6) is -0.169. The highest BCUT2D eigenvalue weighted by Crippen LogP contribution is 2.08. The van der Waals surface area contributed by atoms with Gasteiger partial charge in [-0.25, -0.2) is 0 Å². The van der Waals surface area contributed by atoms with Crippen LogP contribution in [0.15, 0.2) is 24.8 Å². The topological polar surface area (TPSA) is 26.3 Å². The Hall–Kier alpha value is -1.05. The van der Waals surface area contributed by atoms with E-state index < -0.39 is 0 Å². The van der Waals surface area contributed by atoms with Crippen molar-refractivity contribution in [3.8, 4) is 0 Å². The Morgan fingerprint density at radius 2 is 1.65 bits per heavy atom. The summed E-state index contributed by atoms with van der Waals surface area (Å²) in [4.78, 5) is 10.5. The zero-order valence-electron chi connectivity index (χ0n) is 11.1. The molecule has 0 aliphatic carbocycles. The second-order valence-corrected chi connectivity index (χ2v) is 4.27. The zero-order valence-corrected chi connectivity index (χ0v) is 11.1. The molecule has 0 saturated carbocycles. The summed E-state index contributed by atoms with van der Waals surface area (Å²) in [5.41, 5.74) is 0. The largest absolute Gasteiger partial charge is 0.466 e. The third-order valence-electron chi connectivity index (χ3n) is 2.59. The van der Waals surface area contributed by atoms with Crippen LogP contribution >= 0.6 is 0 Å². The second-order valence-electron chi connectivity index (χ2n) is 4.27. The molecule has 0 aromatic heterocycles. The van der Waals surface area contributed by atoms with Gasteiger partial charge in [-0.2, -0.15) is 0 Å². The van der Waals surface area contributed by atoms with Crippen LogP contribution in [0.4, 0.5) is 0 Å². The first-order valence-electron chi connectivity index (χ1n) is 6.68. The molecule has 0 aromatic rings. The zero-order chi connectivity index (χ0) is 12.8. The van der Waals surface area contributed by atoms with Crippen molar-refractivity contribution in [2.24, 2.45) is 0 Å². The van der Waals surface area contributed by atoms with Gasteiger partial charge in [-0.3, -0.25) is 4.79 Å². The minimum Gasteiger partial charge on any atom is -0.466 e. The van der Waals surface area contributed by atoms with E-state index in [9.17, 15) is 4.79 Å². The predicted octanol–water partition coefficient (Wildman–Crippen LogP) is 4.41. The molecule has 0 aliphatic heterocycles. The fourth-order valence-electron chi connectivity index (χ4n) is 1.66. The lowest BCUT2D eigenvalue weighted by Gasteiger charge is -2.02. The number of allylic oxidation sites excluding steroid dienone is 3. The Bertz CT molecular complexity index is 219. The summed E-state index contributed by atoms with van der Waals surface area (Å²) in [7, 11) is 0. The molecule has 0 aliphatic rings. The number of hydrogen-bond donors (Lipinski definition) is 0. The first-order valence-corrected chi connectivity index (χ1v) is 6.68. The lowest BCUT2D eigenvalue weighted by molar-refractivity contribution is -0.141. The summed E-state index contributed by atoms with van der Waals surface area (Å²) in [6.07, 6.45) is 15.8. The maximum Gasteiger partial charge on any atom is 0.302 e. The number of carbonyl (C=O) groups is 1. The minimum atomic E-state index is -0.169. The molecule has 0 unspecified atom stereocenters. The number of ether oxygens (including phenoxy) is 1. The van der Waals surface area contributed by atoms with E-state index in [1.807, 2.05) is 12.2 Å². The third kappa shape index (κ3) is 14.9. The molecule has 0 N–H and O–H groups in total. The molecular weight excluding hydrogens is 212 g/mol. The van der Waals surface area contributed by atoms with Crippen molar-refractivity contribution in [2.45, 2.75) is 58.3 Å². The van der Waals surface area contributed by atoms with Crippen molar-refractivity contribution < 1.29 is 9.53 Å². The summed E-state index contributed by atoms with van der Waals surface area (Å²) in [6, 6.07) is 0. The highest BCUT2D eigenvalue weighted by atomic mass is 16.5. The van der Waals surface area contributed by atoms with Crippen molar-refractivity contribution >= 4 is 5.97 Å². The van der Waals surface area contributed by atoms with Crippen molar-refractivity contribution in [3.05, 3.63) is 24.8 Å². The number of esters is 1. The number of carbonyl (C=O) groups excluding carboxylic acids is 1. The van der Waals surface area contributed by atoms with E-state index in [1.54, 1.807) is 0 Å². The van der Waals surface area contributed by atoms with Crippen LogP contribution in [-0.2, 0) is 9.53 Å². The molecule has 0 heterocycles. The van der Waals surface area contributed by atoms with E-state index in [-0.39, 0.29) is 5.97 Å². The van der Waals surface area contributed by atoms with Gasteiger partial charge in [0.15, 0.2) is 0 Å². The SMILES string of the molecule is C=C/C=C/CCCCCCCCCOC(C)=O. The van der Waals surface area contributed by atoms with Gasteiger partial charge in [0.05, 0.1) is 6.61 Å². The maximum absolute atomic E-state index is 10.5. The molecular formula is C15H26O2. The van der Waals surface area contributed by atoms with Crippen LogP contribution in [0.3, 0.4) is 0 Å². The molecule has 0 rings (SSSR count). The van der Waals surface area contributed by atoms with E-state index in [2.05, 4.69) is 12.7 Å². The van der Waals surface area contributed by atoms with E-state index in [4.69, 9.17) is 4.74 Å². The number of rotatable bonds is 11. The van der Waals surface area contributed by atoms with Gasteiger partial charge in [0.1, 0.15) is 0 Å². The average Bonchev–Trinajstić information content (AvgIpc) is 2.30. The number of hydrogen-bond acceptors (Lipinski definition) is 2. The van der Waals surface area contributed by atoms with Crippen LogP contribution in [0.25, 0.3) is 0 Å². The summed E-state index contributed by atoms with van der Waals surface area (Å²) in [6.45, 7) is 5.68. The van der Waals surface area contributed by atoms with Gasteiger partial charge in [0.25, 0.3) is 0 Å². The lowest BCUT2D eigenvalue weighted by Crippen LogP contribution is -1.99. The van der Waals surface area contributed by atoms with Gasteiger partial charge < -0.3 is 4.74 Å². The third-order valence-corrected chi connectivity index (χ3v) is 2.59. The Balaban J connectivity index is 3.01. The monoisotopic (exact) mass is 238 g/mol. The Kier molecular flexibility index (Phi) is 12.2. The minimum absolute atomic E-state index is 0.169. The second kappa shape index (κ2) is 13.0. The lowest BCUT2D eigenvalue weighted by atomic mass is 10.1. The summed E-state index contributed by atoms with van der Waals surface area (Å²) >= 11 is 0. The van der Waals surface area contributed by atoms with E-state index in [1.165, 1.54) is 51.9 Å². The quantitative estimate of drug-likeness (QED) is 0.303. The van der Waals surface area contributed by atoms with Crippen molar-refractivity contribution in [1.29, 1.82) is 0 Å². The molecule has 0 spiro atoms. The summed E-state index contributed by atoms with van der Waals surface area (Å²) in [5, 5.41) is 0. The van der Waals surface area contributed by atoms with Crippen LogP contribution in [0.5, 0.6) is 0 Å². The van der Waals surface area contributed by atoms with Crippen molar-refractivity contribution in [2.75, 3.05) is 6.61 Å². The van der Waals surface area contributed by atoms with Gasteiger partial charge in [0.2, 0.25) is 0 Å². The van der Waals surface area contributed by atoms with Gasteiger partial charge in [-0.05, 0) is 19.3 Å². The molecule has 0 amide bonds. The molecule has 0 aromatic carbocycles. The van der Waals surface area contributed by atoms with Crippen LogP contribution in [-0.4, -0.2) is 12.6 Å². The first-order chi connectivity index (χ1) is 8.27. The standard InChI is InChI=1S/C15H26O2/c1-3-4-5-6-7-8-9-10-11-12-13-14-17-15(2)16/h3-5H,1,6-14H2,2H3/b5-4+. The molecule has 2 nitrogen and oxygen atoms in total. The van der Waals surface area contributed by atoms with Gasteiger partial charge in [-0.1, -0.05) is 56.9 Å². The first kappa shape index (κ1) is 16.0. The van der Waals surface area contributed by atoms with Crippen molar-refractivity contribution in [1.82, 2.24) is 0 Å². The van der Waals surface area contributed by atoms with Crippen LogP contribution in [0, 0.1) is 0 Å². The van der Waals surface area contributed by atoms with E-state index in [0.717, 1.165) is 6.42 Å². The van der Waals surface area contributed by atoms with E-state index >= 15 is 0 Å². The molecule has 0 atom stereocenters.